The normalized spacial score (nSPS) is 11.6. The van der Waals surface area contributed by atoms with Gasteiger partial charge in [0.15, 0.2) is 11.5 Å². The van der Waals surface area contributed by atoms with E-state index in [1.807, 2.05) is 0 Å². The number of carbonyl (C=O) groups excluding carboxylic acids is 1. The van der Waals surface area contributed by atoms with Crippen LogP contribution in [0.4, 0.5) is 5.69 Å². The number of nitro groups is 1. The van der Waals surface area contributed by atoms with Gasteiger partial charge in [0.1, 0.15) is 5.56 Å². The molecule has 2 rings (SSSR count). The average molecular weight is 399 g/mol. The van der Waals surface area contributed by atoms with Crippen molar-refractivity contribution in [3.63, 3.8) is 0 Å². The Balaban J connectivity index is 2.35. The van der Waals surface area contributed by atoms with Gasteiger partial charge in [0, 0.05) is 6.07 Å². The predicted octanol–water partition coefficient (Wildman–Crippen LogP) is 4.41. The third-order valence-corrected chi connectivity index (χ3v) is 4.47. The summed E-state index contributed by atoms with van der Waals surface area (Å²) in [5.74, 6) is -0.255. The minimum Gasteiger partial charge on any atom is -0.493 e. The fourth-order valence-corrected chi connectivity index (χ4v) is 2.65. The fraction of sp³-hybridized carbons (Fsp3) is 0.235. The van der Waals surface area contributed by atoms with Crippen LogP contribution in [0.3, 0.4) is 0 Å². The van der Waals surface area contributed by atoms with Crippen LogP contribution in [0.25, 0.3) is 0 Å². The summed E-state index contributed by atoms with van der Waals surface area (Å²) in [6.07, 6.45) is 0. The summed E-state index contributed by atoms with van der Waals surface area (Å²) in [6.45, 7) is 1.73. The first-order chi connectivity index (χ1) is 12.3. The molecule has 0 aromatic heterocycles. The Morgan fingerprint density at radius 2 is 1.73 bits per heavy atom. The maximum atomic E-state index is 12.6. The highest BCUT2D eigenvalue weighted by atomic mass is 35.5. The molecule has 9 heteroatoms. The molecule has 0 saturated carbocycles. The first-order valence-corrected chi connectivity index (χ1v) is 8.20. The van der Waals surface area contributed by atoms with Crippen molar-refractivity contribution in [1.82, 2.24) is 5.32 Å². The van der Waals surface area contributed by atoms with E-state index >= 15 is 0 Å². The summed E-state index contributed by atoms with van der Waals surface area (Å²) < 4.78 is 10.2. The number of amides is 1. The average Bonchev–Trinajstić information content (AvgIpc) is 2.62. The van der Waals surface area contributed by atoms with E-state index in [1.165, 1.54) is 20.3 Å². The lowest BCUT2D eigenvalue weighted by Crippen LogP contribution is -2.27. The van der Waals surface area contributed by atoms with Crippen molar-refractivity contribution in [3.05, 3.63) is 61.6 Å². The van der Waals surface area contributed by atoms with E-state index < -0.39 is 16.9 Å². The van der Waals surface area contributed by atoms with Gasteiger partial charge in [0.2, 0.25) is 0 Å². The molecule has 0 radical (unpaired) electrons. The standard InChI is InChI=1S/C17H16Cl2N2O5/c1-9(10-4-5-12(18)13(19)6-10)20-17(22)11-7-15(25-2)16(26-3)8-14(11)21(23)24/h4-9H,1-3H3,(H,20,22). The third-order valence-electron chi connectivity index (χ3n) is 3.73. The lowest BCUT2D eigenvalue weighted by molar-refractivity contribution is -0.385. The van der Waals surface area contributed by atoms with Gasteiger partial charge in [-0.3, -0.25) is 14.9 Å². The summed E-state index contributed by atoms with van der Waals surface area (Å²) in [4.78, 5) is 23.3. The molecule has 138 valence electrons. The SMILES string of the molecule is COc1cc(C(=O)NC(C)c2ccc(Cl)c(Cl)c2)c([N+](=O)[O-])cc1OC. The van der Waals surface area contributed by atoms with Crippen LogP contribution < -0.4 is 14.8 Å². The van der Waals surface area contributed by atoms with E-state index in [4.69, 9.17) is 32.7 Å². The number of ether oxygens (including phenoxy) is 2. The van der Waals surface area contributed by atoms with Gasteiger partial charge in [-0.2, -0.15) is 0 Å². The molecule has 1 amide bonds. The van der Waals surface area contributed by atoms with E-state index in [0.29, 0.717) is 15.6 Å². The maximum absolute atomic E-state index is 12.6. The van der Waals surface area contributed by atoms with Crippen LogP contribution in [0.5, 0.6) is 11.5 Å². The van der Waals surface area contributed by atoms with Crippen molar-refractivity contribution in [3.8, 4) is 11.5 Å². The number of nitro benzene ring substituents is 1. The van der Waals surface area contributed by atoms with Gasteiger partial charge in [-0.25, -0.2) is 0 Å². The van der Waals surface area contributed by atoms with E-state index in [1.54, 1.807) is 25.1 Å². The second kappa shape index (κ2) is 8.25. The molecular formula is C17H16Cl2N2O5. The van der Waals surface area contributed by atoms with Gasteiger partial charge in [-0.15, -0.1) is 0 Å². The largest absolute Gasteiger partial charge is 0.493 e. The number of hydrogen-bond acceptors (Lipinski definition) is 5. The molecule has 0 aliphatic rings. The van der Waals surface area contributed by atoms with Crippen LogP contribution in [0.1, 0.15) is 28.9 Å². The maximum Gasteiger partial charge on any atom is 0.286 e. The van der Waals surface area contributed by atoms with Gasteiger partial charge >= 0.3 is 0 Å². The minimum absolute atomic E-state index is 0.139. The van der Waals surface area contributed by atoms with Crippen molar-refractivity contribution >= 4 is 34.8 Å². The third kappa shape index (κ3) is 4.17. The molecule has 2 aromatic rings. The summed E-state index contributed by atoms with van der Waals surface area (Å²) in [5.41, 5.74) is 0.178. The second-order valence-electron chi connectivity index (χ2n) is 5.35. The van der Waals surface area contributed by atoms with Crippen LogP contribution in [0, 0.1) is 10.1 Å². The zero-order chi connectivity index (χ0) is 19.4. The van der Waals surface area contributed by atoms with Crippen LogP contribution in [0.15, 0.2) is 30.3 Å². The molecule has 1 atom stereocenters. The van der Waals surface area contributed by atoms with Gasteiger partial charge in [-0.05, 0) is 24.6 Å². The van der Waals surface area contributed by atoms with E-state index in [2.05, 4.69) is 5.32 Å². The summed E-state index contributed by atoms with van der Waals surface area (Å²) in [5, 5.41) is 14.8. The Labute approximate surface area is 160 Å². The smallest absolute Gasteiger partial charge is 0.286 e. The van der Waals surface area contributed by atoms with Crippen molar-refractivity contribution in [2.45, 2.75) is 13.0 Å². The molecule has 1 N–H and O–H groups in total. The van der Waals surface area contributed by atoms with Crippen molar-refractivity contribution in [2.75, 3.05) is 14.2 Å². The molecule has 2 aromatic carbocycles. The number of nitrogens with one attached hydrogen (secondary N) is 1. The second-order valence-corrected chi connectivity index (χ2v) is 6.16. The molecule has 0 fully saturated rings. The molecule has 0 heterocycles. The highest BCUT2D eigenvalue weighted by Crippen LogP contribution is 2.35. The van der Waals surface area contributed by atoms with E-state index in [0.717, 1.165) is 6.07 Å². The van der Waals surface area contributed by atoms with Gasteiger partial charge < -0.3 is 14.8 Å². The van der Waals surface area contributed by atoms with Crippen molar-refractivity contribution < 1.29 is 19.2 Å². The van der Waals surface area contributed by atoms with Crippen LogP contribution in [-0.4, -0.2) is 25.1 Å². The number of hydrogen-bond donors (Lipinski definition) is 1. The van der Waals surface area contributed by atoms with E-state index in [-0.39, 0.29) is 22.7 Å². The van der Waals surface area contributed by atoms with Crippen LogP contribution >= 0.6 is 23.2 Å². The highest BCUT2D eigenvalue weighted by molar-refractivity contribution is 6.42. The zero-order valence-electron chi connectivity index (χ0n) is 14.2. The highest BCUT2D eigenvalue weighted by Gasteiger charge is 2.25. The number of carbonyl (C=O) groups is 1. The molecular weight excluding hydrogens is 383 g/mol. The summed E-state index contributed by atoms with van der Waals surface area (Å²) >= 11 is 11.9. The molecule has 0 aliphatic heterocycles. The van der Waals surface area contributed by atoms with E-state index in [9.17, 15) is 14.9 Å². The molecule has 0 spiro atoms. The van der Waals surface area contributed by atoms with Gasteiger partial charge in [0.05, 0.1) is 41.3 Å². The molecule has 0 bridgehead atoms. The Kier molecular flexibility index (Phi) is 6.28. The molecule has 26 heavy (non-hydrogen) atoms. The number of nitrogens with zero attached hydrogens (tertiary/aromatic N) is 1. The fourth-order valence-electron chi connectivity index (χ4n) is 2.34. The molecule has 0 saturated heterocycles. The zero-order valence-corrected chi connectivity index (χ0v) is 15.7. The lowest BCUT2D eigenvalue weighted by Gasteiger charge is -2.16. The first-order valence-electron chi connectivity index (χ1n) is 7.44. The monoisotopic (exact) mass is 398 g/mol. The number of methoxy groups -OCH3 is 2. The Bertz CT molecular complexity index is 857. The number of benzene rings is 2. The quantitative estimate of drug-likeness (QED) is 0.574. The summed E-state index contributed by atoms with van der Waals surface area (Å²) in [6, 6.07) is 6.91. The van der Waals surface area contributed by atoms with Gasteiger partial charge in [-0.1, -0.05) is 29.3 Å². The molecule has 7 nitrogen and oxygen atoms in total. The predicted molar refractivity (Wildman–Crippen MR) is 98.5 cm³/mol. The van der Waals surface area contributed by atoms with Gasteiger partial charge in [0.25, 0.3) is 11.6 Å². The Morgan fingerprint density at radius 1 is 1.12 bits per heavy atom. The Hall–Kier alpha value is -2.51. The molecule has 1 unspecified atom stereocenters. The number of rotatable bonds is 6. The minimum atomic E-state index is -0.652. The molecule has 0 aliphatic carbocycles. The van der Waals surface area contributed by atoms with Crippen molar-refractivity contribution in [2.24, 2.45) is 0 Å². The van der Waals surface area contributed by atoms with Crippen LogP contribution in [-0.2, 0) is 0 Å². The number of halogens is 2. The Morgan fingerprint density at radius 3 is 2.27 bits per heavy atom. The van der Waals surface area contributed by atoms with Crippen LogP contribution in [0.2, 0.25) is 10.0 Å². The van der Waals surface area contributed by atoms with Crippen molar-refractivity contribution in [1.29, 1.82) is 0 Å². The lowest BCUT2D eigenvalue weighted by atomic mass is 10.1. The first kappa shape index (κ1) is 19.8. The summed E-state index contributed by atoms with van der Waals surface area (Å²) in [7, 11) is 2.73. The topological polar surface area (TPSA) is 90.7 Å².